The summed E-state index contributed by atoms with van der Waals surface area (Å²) in [6, 6.07) is 18.5. The number of hydrogen-bond donors (Lipinski definition) is 3. The van der Waals surface area contributed by atoms with Crippen molar-refractivity contribution in [1.82, 2.24) is 0 Å². The van der Waals surface area contributed by atoms with Gasteiger partial charge in [-0.25, -0.2) is 0 Å². The van der Waals surface area contributed by atoms with E-state index in [1.54, 1.807) is 18.2 Å². The zero-order valence-corrected chi connectivity index (χ0v) is 20.3. The van der Waals surface area contributed by atoms with Crippen molar-refractivity contribution in [3.05, 3.63) is 82.9 Å². The van der Waals surface area contributed by atoms with E-state index < -0.39 is 5.91 Å². The van der Waals surface area contributed by atoms with Crippen LogP contribution < -0.4 is 20.1 Å². The average molecular weight is 486 g/mol. The van der Waals surface area contributed by atoms with E-state index >= 15 is 0 Å². The second-order valence-electron chi connectivity index (χ2n) is 7.97. The number of benzene rings is 3. The molecule has 184 valence electrons. The van der Waals surface area contributed by atoms with Gasteiger partial charge < -0.3 is 25.2 Å². The molecule has 0 fully saturated rings. The lowest BCUT2D eigenvalue weighted by Crippen LogP contribution is -2.21. The molecule has 0 bridgehead atoms. The van der Waals surface area contributed by atoms with E-state index in [2.05, 4.69) is 10.6 Å². The third-order valence-electron chi connectivity index (χ3n) is 5.09. The van der Waals surface area contributed by atoms with Gasteiger partial charge in [-0.2, -0.15) is 5.26 Å². The highest BCUT2D eigenvalue weighted by Gasteiger charge is 2.13. The van der Waals surface area contributed by atoms with Crippen molar-refractivity contribution in [3.8, 4) is 23.3 Å². The minimum Gasteiger partial charge on any atom is -0.508 e. The van der Waals surface area contributed by atoms with Crippen molar-refractivity contribution < 1.29 is 24.2 Å². The molecule has 0 spiro atoms. The van der Waals surface area contributed by atoms with Gasteiger partial charge in [0, 0.05) is 11.4 Å². The lowest BCUT2D eigenvalue weighted by atomic mass is 10.1. The summed E-state index contributed by atoms with van der Waals surface area (Å²) in [6.45, 7) is 5.80. The van der Waals surface area contributed by atoms with Crippen LogP contribution in [-0.4, -0.2) is 30.1 Å². The van der Waals surface area contributed by atoms with Crippen molar-refractivity contribution >= 4 is 29.3 Å². The molecule has 0 saturated carbocycles. The minimum absolute atomic E-state index is 0.0672. The lowest BCUT2D eigenvalue weighted by Gasteiger charge is -2.14. The molecular weight excluding hydrogens is 458 g/mol. The van der Waals surface area contributed by atoms with Crippen LogP contribution in [0.15, 0.2) is 66.2 Å². The maximum atomic E-state index is 12.5. The van der Waals surface area contributed by atoms with Gasteiger partial charge in [0.05, 0.1) is 6.61 Å². The topological polar surface area (TPSA) is 121 Å². The Morgan fingerprint density at radius 1 is 0.972 bits per heavy atom. The second kappa shape index (κ2) is 12.1. The monoisotopic (exact) mass is 485 g/mol. The zero-order chi connectivity index (χ0) is 26.1. The molecule has 0 aliphatic rings. The molecule has 3 rings (SSSR count). The fourth-order valence-corrected chi connectivity index (χ4v) is 3.26. The Kier molecular flexibility index (Phi) is 8.68. The largest absolute Gasteiger partial charge is 0.508 e. The molecule has 3 N–H and O–H groups in total. The predicted molar refractivity (Wildman–Crippen MR) is 138 cm³/mol. The van der Waals surface area contributed by atoms with E-state index in [-0.39, 0.29) is 23.8 Å². The van der Waals surface area contributed by atoms with Crippen molar-refractivity contribution in [2.75, 3.05) is 23.8 Å². The Hall–Kier alpha value is -4.77. The summed E-state index contributed by atoms with van der Waals surface area (Å²) >= 11 is 0. The molecular formula is C28H27N3O5. The van der Waals surface area contributed by atoms with Gasteiger partial charge in [0.1, 0.15) is 17.4 Å². The number of nitriles is 1. The van der Waals surface area contributed by atoms with Crippen molar-refractivity contribution in [1.29, 1.82) is 5.26 Å². The number of carbonyl (C=O) groups is 2. The number of phenols is 1. The number of hydrogen-bond acceptors (Lipinski definition) is 6. The Bertz CT molecular complexity index is 1320. The van der Waals surface area contributed by atoms with Crippen LogP contribution >= 0.6 is 0 Å². The Balaban J connectivity index is 1.71. The van der Waals surface area contributed by atoms with Crippen molar-refractivity contribution in [2.45, 2.75) is 20.8 Å². The smallest absolute Gasteiger partial charge is 0.266 e. The molecule has 3 aromatic carbocycles. The maximum Gasteiger partial charge on any atom is 0.266 e. The maximum absolute atomic E-state index is 12.5. The number of nitrogens with one attached hydrogen (secondary N) is 2. The first-order valence-corrected chi connectivity index (χ1v) is 11.3. The van der Waals surface area contributed by atoms with Gasteiger partial charge >= 0.3 is 0 Å². The highest BCUT2D eigenvalue weighted by atomic mass is 16.5. The van der Waals surface area contributed by atoms with Gasteiger partial charge in [-0.1, -0.05) is 18.2 Å². The SMILES string of the molecule is CCOc1cc(/C=C(\C#N)C(=O)Nc2ccc(O)cc2)ccc1OCC(=O)Nc1cc(C)ccc1C. The number of amides is 2. The molecule has 0 saturated heterocycles. The number of aryl methyl sites for hydroxylation is 2. The van der Waals surface area contributed by atoms with Gasteiger partial charge in [0.15, 0.2) is 18.1 Å². The summed E-state index contributed by atoms with van der Waals surface area (Å²) in [5.74, 6) is -0.103. The molecule has 0 heterocycles. The third kappa shape index (κ3) is 7.11. The number of anilines is 2. The van der Waals surface area contributed by atoms with Crippen LogP contribution in [0, 0.1) is 25.2 Å². The quantitative estimate of drug-likeness (QED) is 0.224. The fourth-order valence-electron chi connectivity index (χ4n) is 3.26. The number of rotatable bonds is 9. The van der Waals surface area contributed by atoms with E-state index in [0.717, 1.165) is 16.8 Å². The molecule has 8 heteroatoms. The lowest BCUT2D eigenvalue weighted by molar-refractivity contribution is -0.118. The van der Waals surface area contributed by atoms with Crippen LogP contribution in [-0.2, 0) is 9.59 Å². The molecule has 8 nitrogen and oxygen atoms in total. The highest BCUT2D eigenvalue weighted by molar-refractivity contribution is 6.09. The Morgan fingerprint density at radius 2 is 1.72 bits per heavy atom. The zero-order valence-electron chi connectivity index (χ0n) is 20.3. The number of aromatic hydroxyl groups is 1. The van der Waals surface area contributed by atoms with Gasteiger partial charge in [0.2, 0.25) is 0 Å². The summed E-state index contributed by atoms with van der Waals surface area (Å²) in [7, 11) is 0. The summed E-state index contributed by atoms with van der Waals surface area (Å²) in [5, 5.41) is 24.3. The van der Waals surface area contributed by atoms with Crippen LogP contribution in [0.3, 0.4) is 0 Å². The van der Waals surface area contributed by atoms with Crippen LogP contribution in [0.1, 0.15) is 23.6 Å². The summed E-state index contributed by atoms with van der Waals surface area (Å²) in [5.41, 5.74) is 3.58. The number of phenolic OH excluding ortho intramolecular Hbond substituents is 1. The highest BCUT2D eigenvalue weighted by Crippen LogP contribution is 2.30. The van der Waals surface area contributed by atoms with Gasteiger partial charge in [0.25, 0.3) is 11.8 Å². The number of nitrogens with zero attached hydrogens (tertiary/aromatic N) is 1. The van der Waals surface area contributed by atoms with Gasteiger partial charge in [-0.3, -0.25) is 9.59 Å². The molecule has 2 amide bonds. The first-order valence-electron chi connectivity index (χ1n) is 11.3. The summed E-state index contributed by atoms with van der Waals surface area (Å²) in [4.78, 5) is 25.0. The van der Waals surface area contributed by atoms with E-state index in [1.807, 2.05) is 45.0 Å². The van der Waals surface area contributed by atoms with Crippen LogP contribution in [0.4, 0.5) is 11.4 Å². The third-order valence-corrected chi connectivity index (χ3v) is 5.09. The molecule has 0 aliphatic heterocycles. The van der Waals surface area contributed by atoms with E-state index in [1.165, 1.54) is 30.3 Å². The molecule has 0 radical (unpaired) electrons. The first-order chi connectivity index (χ1) is 17.3. The van der Waals surface area contributed by atoms with E-state index in [9.17, 15) is 20.0 Å². The molecule has 0 aliphatic carbocycles. The average Bonchev–Trinajstić information content (AvgIpc) is 2.85. The second-order valence-corrected chi connectivity index (χ2v) is 7.97. The fraction of sp³-hybridized carbons (Fsp3) is 0.179. The van der Waals surface area contributed by atoms with E-state index in [0.29, 0.717) is 29.4 Å². The molecule has 36 heavy (non-hydrogen) atoms. The predicted octanol–water partition coefficient (Wildman–Crippen LogP) is 4.97. The minimum atomic E-state index is -0.593. The summed E-state index contributed by atoms with van der Waals surface area (Å²) in [6.07, 6.45) is 1.43. The van der Waals surface area contributed by atoms with Crippen LogP contribution in [0.2, 0.25) is 0 Å². The molecule has 3 aromatic rings. The molecule has 0 unspecified atom stereocenters. The summed E-state index contributed by atoms with van der Waals surface area (Å²) < 4.78 is 11.3. The number of carbonyl (C=O) groups excluding carboxylic acids is 2. The number of ether oxygens (including phenoxy) is 2. The van der Waals surface area contributed by atoms with Gasteiger partial charge in [-0.15, -0.1) is 0 Å². The first kappa shape index (κ1) is 25.8. The molecule has 0 aromatic heterocycles. The Labute approximate surface area is 209 Å². The van der Waals surface area contributed by atoms with Crippen molar-refractivity contribution in [3.63, 3.8) is 0 Å². The van der Waals surface area contributed by atoms with Crippen molar-refractivity contribution in [2.24, 2.45) is 0 Å². The van der Waals surface area contributed by atoms with Crippen LogP contribution in [0.25, 0.3) is 6.08 Å². The normalized spacial score (nSPS) is 10.8. The standard InChI is InChI=1S/C28H27N3O5/c1-4-35-26-15-20(14-21(16-29)28(34)30-22-8-10-23(32)11-9-22)7-12-25(26)36-17-27(33)31-24-13-18(2)5-6-19(24)3/h5-15,32H,4,17H2,1-3H3,(H,30,34)(H,31,33)/b21-14+. The van der Waals surface area contributed by atoms with Gasteiger partial charge in [-0.05, 0) is 86.0 Å². The van der Waals surface area contributed by atoms with Crippen LogP contribution in [0.5, 0.6) is 17.2 Å². The van der Waals surface area contributed by atoms with E-state index in [4.69, 9.17) is 9.47 Å². The Morgan fingerprint density at radius 3 is 2.42 bits per heavy atom. The molecule has 0 atom stereocenters.